The summed E-state index contributed by atoms with van der Waals surface area (Å²) in [7, 11) is 0. The summed E-state index contributed by atoms with van der Waals surface area (Å²) in [6.07, 6.45) is 5.33. The molecule has 32 heavy (non-hydrogen) atoms. The number of aromatic nitrogens is 1. The van der Waals surface area contributed by atoms with Gasteiger partial charge in [-0.15, -0.1) is 0 Å². The van der Waals surface area contributed by atoms with Gasteiger partial charge in [-0.1, -0.05) is 19.9 Å². The fourth-order valence-corrected chi connectivity index (χ4v) is 4.39. The smallest absolute Gasteiger partial charge is 0.267 e. The largest absolute Gasteiger partial charge is 0.373 e. The number of rotatable bonds is 5. The van der Waals surface area contributed by atoms with E-state index in [1.807, 2.05) is 6.07 Å². The van der Waals surface area contributed by atoms with E-state index in [0.717, 1.165) is 12.8 Å². The van der Waals surface area contributed by atoms with Crippen molar-refractivity contribution in [3.8, 4) is 0 Å². The van der Waals surface area contributed by atoms with Gasteiger partial charge in [0.1, 0.15) is 17.3 Å². The summed E-state index contributed by atoms with van der Waals surface area (Å²) in [5, 5.41) is 3.30. The number of halogens is 2. The van der Waals surface area contributed by atoms with E-state index < -0.39 is 35.2 Å². The molecule has 0 saturated carbocycles. The molecule has 3 N–H and O–H groups in total. The molecule has 8 heteroatoms. The van der Waals surface area contributed by atoms with Gasteiger partial charge in [-0.3, -0.25) is 9.78 Å². The first-order chi connectivity index (χ1) is 15.3. The van der Waals surface area contributed by atoms with E-state index >= 15 is 8.78 Å². The molecule has 1 aromatic heterocycles. The van der Waals surface area contributed by atoms with Crippen LogP contribution in [-0.2, 0) is 15.2 Å². The van der Waals surface area contributed by atoms with Crippen molar-refractivity contribution in [1.82, 2.24) is 10.3 Å². The molecular weight excluding hydrogens is 414 g/mol. The second-order valence-electron chi connectivity index (χ2n) is 8.35. The summed E-state index contributed by atoms with van der Waals surface area (Å²) in [6.45, 7) is 4.10. The Morgan fingerprint density at radius 1 is 1.22 bits per heavy atom. The maximum Gasteiger partial charge on any atom is 0.267 e. The molecule has 2 aliphatic heterocycles. The molecule has 0 bridgehead atoms. The molecule has 2 atom stereocenters. The van der Waals surface area contributed by atoms with E-state index in [0.29, 0.717) is 29.9 Å². The van der Waals surface area contributed by atoms with Crippen LogP contribution in [0.15, 0.2) is 53.3 Å². The van der Waals surface area contributed by atoms with Crippen LogP contribution in [-0.4, -0.2) is 29.3 Å². The topological polar surface area (TPSA) is 89.6 Å². The van der Waals surface area contributed by atoms with E-state index in [1.54, 1.807) is 32.3 Å². The van der Waals surface area contributed by atoms with Crippen molar-refractivity contribution in [1.29, 1.82) is 0 Å². The van der Waals surface area contributed by atoms with Crippen LogP contribution in [0.1, 0.15) is 44.2 Å². The predicted molar refractivity (Wildman–Crippen MR) is 117 cm³/mol. The van der Waals surface area contributed by atoms with E-state index in [1.165, 1.54) is 18.2 Å². The number of nitrogens with zero attached hydrogens (tertiary/aromatic N) is 2. The molecule has 3 heterocycles. The lowest BCUT2D eigenvalue weighted by atomic mass is 9.82. The number of nitrogens with two attached hydrogens (primary N) is 1. The van der Waals surface area contributed by atoms with Crippen molar-refractivity contribution in [2.24, 2.45) is 16.6 Å². The second-order valence-corrected chi connectivity index (χ2v) is 8.35. The molecule has 2 aliphatic rings. The lowest BCUT2D eigenvalue weighted by molar-refractivity contribution is -0.112. The van der Waals surface area contributed by atoms with E-state index in [-0.39, 0.29) is 11.3 Å². The van der Waals surface area contributed by atoms with Crippen LogP contribution in [0.3, 0.4) is 0 Å². The highest BCUT2D eigenvalue weighted by Crippen LogP contribution is 2.42. The zero-order valence-electron chi connectivity index (χ0n) is 18.1. The van der Waals surface area contributed by atoms with Crippen molar-refractivity contribution in [2.45, 2.75) is 44.9 Å². The third-order valence-corrected chi connectivity index (χ3v) is 5.99. The predicted octanol–water partition coefficient (Wildman–Crippen LogP) is 3.68. The number of pyridine rings is 1. The summed E-state index contributed by atoms with van der Waals surface area (Å²) in [4.78, 5) is 21.5. The highest BCUT2D eigenvalue weighted by Gasteiger charge is 2.46. The Labute approximate surface area is 185 Å². The Hall–Kier alpha value is -3.13. The lowest BCUT2D eigenvalue weighted by Gasteiger charge is -2.43. The van der Waals surface area contributed by atoms with Crippen LogP contribution in [0.4, 0.5) is 8.78 Å². The lowest BCUT2D eigenvalue weighted by Crippen LogP contribution is -2.52. The van der Waals surface area contributed by atoms with Gasteiger partial charge >= 0.3 is 0 Å². The molecule has 0 radical (unpaired) electrons. The Bertz CT molecular complexity index is 1060. The monoisotopic (exact) mass is 440 g/mol. The molecular formula is C24H26F2N4O2. The van der Waals surface area contributed by atoms with Gasteiger partial charge in [-0.2, -0.15) is 0 Å². The fourth-order valence-electron chi connectivity index (χ4n) is 4.39. The number of ether oxygens (including phenoxy) is 1. The van der Waals surface area contributed by atoms with Crippen molar-refractivity contribution in [2.75, 3.05) is 6.61 Å². The summed E-state index contributed by atoms with van der Waals surface area (Å²) >= 11 is 0. The van der Waals surface area contributed by atoms with Gasteiger partial charge in [0, 0.05) is 36.1 Å². The Kier molecular flexibility index (Phi) is 6.06. The Morgan fingerprint density at radius 3 is 2.53 bits per heavy atom. The van der Waals surface area contributed by atoms with Crippen LogP contribution in [0.5, 0.6) is 0 Å². The van der Waals surface area contributed by atoms with Crippen LogP contribution >= 0.6 is 0 Å². The van der Waals surface area contributed by atoms with E-state index in [4.69, 9.17) is 10.5 Å². The number of primary amides is 1. The highest BCUT2D eigenvalue weighted by molar-refractivity contribution is 6.46. The molecule has 0 spiro atoms. The number of hydrogen-bond donors (Lipinski definition) is 2. The summed E-state index contributed by atoms with van der Waals surface area (Å²) in [5.41, 5.74) is 5.53. The number of amides is 1. The van der Waals surface area contributed by atoms with Crippen LogP contribution in [0.25, 0.3) is 5.70 Å². The van der Waals surface area contributed by atoms with Crippen molar-refractivity contribution < 1.29 is 18.3 Å². The van der Waals surface area contributed by atoms with Gasteiger partial charge in [-0.05, 0) is 43.5 Å². The third-order valence-electron chi connectivity index (χ3n) is 5.99. The van der Waals surface area contributed by atoms with Gasteiger partial charge in [0.15, 0.2) is 5.66 Å². The third kappa shape index (κ3) is 3.79. The van der Waals surface area contributed by atoms with E-state index in [9.17, 15) is 4.79 Å². The molecule has 0 aliphatic carbocycles. The van der Waals surface area contributed by atoms with Gasteiger partial charge in [0.2, 0.25) is 0 Å². The molecule has 6 nitrogen and oxygen atoms in total. The molecule has 2 aromatic rings. The SMILES string of the molecule is CC(C)C1(c2c(F)cccc2F)N=C(C(N)=O)C(C2CCCCO2)=C(c2cccnc2)N1. The van der Waals surface area contributed by atoms with Gasteiger partial charge in [0.25, 0.3) is 5.91 Å². The van der Waals surface area contributed by atoms with Gasteiger partial charge in [0.05, 0.1) is 17.4 Å². The maximum atomic E-state index is 15.0. The summed E-state index contributed by atoms with van der Waals surface area (Å²) < 4.78 is 36.0. The number of benzene rings is 1. The minimum atomic E-state index is -1.59. The molecule has 4 rings (SSSR count). The van der Waals surface area contributed by atoms with Gasteiger partial charge < -0.3 is 15.8 Å². The average molecular weight is 440 g/mol. The first kappa shape index (κ1) is 22.1. The van der Waals surface area contributed by atoms with Crippen LogP contribution < -0.4 is 11.1 Å². The minimum absolute atomic E-state index is 0.0362. The number of aliphatic imine (C=N–C) groups is 1. The molecule has 1 aromatic carbocycles. The normalized spacial score (nSPS) is 23.7. The van der Waals surface area contributed by atoms with Crippen LogP contribution in [0, 0.1) is 17.6 Å². The Morgan fingerprint density at radius 2 is 1.97 bits per heavy atom. The molecule has 1 fully saturated rings. The van der Waals surface area contributed by atoms with Crippen molar-refractivity contribution >= 4 is 17.3 Å². The first-order valence-corrected chi connectivity index (χ1v) is 10.7. The number of hydrogen-bond acceptors (Lipinski definition) is 5. The zero-order valence-corrected chi connectivity index (χ0v) is 18.1. The van der Waals surface area contributed by atoms with E-state index in [2.05, 4.69) is 15.3 Å². The molecule has 1 saturated heterocycles. The first-order valence-electron chi connectivity index (χ1n) is 10.7. The molecule has 2 unspecified atom stereocenters. The number of nitrogens with one attached hydrogen (secondary N) is 1. The fraction of sp³-hybridized carbons (Fsp3) is 0.375. The van der Waals surface area contributed by atoms with Gasteiger partial charge in [-0.25, -0.2) is 13.8 Å². The Balaban J connectivity index is 2.01. The number of carbonyl (C=O) groups excluding carboxylic acids is 1. The zero-order chi connectivity index (χ0) is 22.9. The highest BCUT2D eigenvalue weighted by atomic mass is 19.1. The van der Waals surface area contributed by atoms with Crippen molar-refractivity contribution in [3.05, 3.63) is 71.1 Å². The molecule has 168 valence electrons. The standard InChI is InChI=1S/C24H26F2N4O2/c1-14(2)24(20-16(25)8-5-9-17(20)26)29-21(15-7-6-11-28-13-15)19(22(30-24)23(27)31)18-10-3-4-12-32-18/h5-9,11,13-14,18,29H,3-4,10,12H2,1-2H3,(H2,27,31). The average Bonchev–Trinajstić information content (AvgIpc) is 2.79. The minimum Gasteiger partial charge on any atom is -0.373 e. The second kappa shape index (κ2) is 8.78. The van der Waals surface area contributed by atoms with Crippen molar-refractivity contribution in [3.63, 3.8) is 0 Å². The number of carbonyl (C=O) groups is 1. The summed E-state index contributed by atoms with van der Waals surface area (Å²) in [5.74, 6) is -2.74. The summed E-state index contributed by atoms with van der Waals surface area (Å²) in [6, 6.07) is 7.21. The quantitative estimate of drug-likeness (QED) is 0.742. The van der Waals surface area contributed by atoms with Crippen LogP contribution in [0.2, 0.25) is 0 Å². The maximum absolute atomic E-state index is 15.0. The molecule has 1 amide bonds.